The number of benzene rings is 1. The summed E-state index contributed by atoms with van der Waals surface area (Å²) in [5.41, 5.74) is 0.759. The van der Waals surface area contributed by atoms with Crippen LogP contribution in [0.25, 0.3) is 10.9 Å². The van der Waals surface area contributed by atoms with E-state index >= 15 is 0 Å². The first kappa shape index (κ1) is 10.9. The molecule has 0 radical (unpaired) electrons. The number of aliphatic hydroxyl groups is 2. The fourth-order valence-corrected chi connectivity index (χ4v) is 1.43. The van der Waals surface area contributed by atoms with E-state index < -0.39 is 6.10 Å². The molecule has 0 unspecified atom stereocenters. The van der Waals surface area contributed by atoms with Crippen LogP contribution in [0, 0.1) is 0 Å². The normalized spacial score (nSPS) is 12.6. The highest BCUT2D eigenvalue weighted by atomic mass is 16.5. The monoisotopic (exact) mass is 219 g/mol. The summed E-state index contributed by atoms with van der Waals surface area (Å²) in [6.45, 7) is -0.246. The van der Waals surface area contributed by atoms with Crippen molar-refractivity contribution in [3.8, 4) is 5.75 Å². The summed E-state index contributed by atoms with van der Waals surface area (Å²) in [7, 11) is 0. The third-order valence-electron chi connectivity index (χ3n) is 2.24. The van der Waals surface area contributed by atoms with Crippen molar-refractivity contribution in [2.45, 2.75) is 6.10 Å². The standard InChI is InChI=1S/C12H13NO3/c14-7-10(15)8-16-11-5-1-3-9-4-2-6-13-12(9)11/h1-6,10,14-15H,7-8H2/t10-/m1/s1. The zero-order valence-electron chi connectivity index (χ0n) is 8.71. The Balaban J connectivity index is 2.23. The molecule has 0 aliphatic carbocycles. The van der Waals surface area contributed by atoms with Gasteiger partial charge in [0.15, 0.2) is 0 Å². The highest BCUT2D eigenvalue weighted by Gasteiger charge is 2.06. The summed E-state index contributed by atoms with van der Waals surface area (Å²) in [6.07, 6.45) is 0.830. The van der Waals surface area contributed by atoms with E-state index in [0.717, 1.165) is 10.9 Å². The van der Waals surface area contributed by atoms with Crippen LogP contribution in [0.5, 0.6) is 5.75 Å². The second kappa shape index (κ2) is 4.92. The van der Waals surface area contributed by atoms with Crippen LogP contribution in [0.4, 0.5) is 0 Å². The Morgan fingerprint density at radius 2 is 2.06 bits per heavy atom. The Morgan fingerprint density at radius 3 is 2.88 bits per heavy atom. The van der Waals surface area contributed by atoms with Gasteiger partial charge in [-0.25, -0.2) is 0 Å². The summed E-state index contributed by atoms with van der Waals surface area (Å²) in [4.78, 5) is 4.22. The number of ether oxygens (including phenoxy) is 1. The van der Waals surface area contributed by atoms with Gasteiger partial charge in [-0.3, -0.25) is 4.98 Å². The topological polar surface area (TPSA) is 62.6 Å². The number of para-hydroxylation sites is 1. The lowest BCUT2D eigenvalue weighted by molar-refractivity contribution is 0.0540. The molecule has 0 aliphatic rings. The minimum atomic E-state index is -0.862. The van der Waals surface area contributed by atoms with Gasteiger partial charge in [0, 0.05) is 11.6 Å². The van der Waals surface area contributed by atoms with Gasteiger partial charge in [-0.05, 0) is 12.1 Å². The highest BCUT2D eigenvalue weighted by molar-refractivity contribution is 5.84. The Morgan fingerprint density at radius 1 is 1.25 bits per heavy atom. The number of nitrogens with zero attached hydrogens (tertiary/aromatic N) is 1. The number of pyridine rings is 1. The molecule has 1 heterocycles. The molecule has 4 heteroatoms. The number of aliphatic hydroxyl groups excluding tert-OH is 2. The number of hydrogen-bond acceptors (Lipinski definition) is 4. The molecular weight excluding hydrogens is 206 g/mol. The lowest BCUT2D eigenvalue weighted by Gasteiger charge is -2.11. The Bertz CT molecular complexity index is 467. The van der Waals surface area contributed by atoms with Crippen molar-refractivity contribution in [3.05, 3.63) is 36.5 Å². The summed E-state index contributed by atoms with van der Waals surface area (Å²) in [6, 6.07) is 9.40. The molecular formula is C12H13NO3. The Kier molecular flexibility index (Phi) is 3.34. The van der Waals surface area contributed by atoms with Gasteiger partial charge in [0.25, 0.3) is 0 Å². The molecule has 84 valence electrons. The van der Waals surface area contributed by atoms with Crippen LogP contribution in [0.3, 0.4) is 0 Å². The van der Waals surface area contributed by atoms with Crippen LogP contribution in [0.2, 0.25) is 0 Å². The van der Waals surface area contributed by atoms with E-state index in [1.54, 1.807) is 12.3 Å². The van der Waals surface area contributed by atoms with Crippen LogP contribution in [-0.2, 0) is 0 Å². The van der Waals surface area contributed by atoms with Gasteiger partial charge in [-0.15, -0.1) is 0 Å². The van der Waals surface area contributed by atoms with Gasteiger partial charge < -0.3 is 14.9 Å². The maximum Gasteiger partial charge on any atom is 0.145 e. The maximum absolute atomic E-state index is 9.20. The van der Waals surface area contributed by atoms with E-state index in [4.69, 9.17) is 9.84 Å². The van der Waals surface area contributed by atoms with Gasteiger partial charge in [0.2, 0.25) is 0 Å². The molecule has 0 bridgehead atoms. The third kappa shape index (κ3) is 2.29. The smallest absolute Gasteiger partial charge is 0.145 e. The van der Waals surface area contributed by atoms with Crippen LogP contribution in [0.15, 0.2) is 36.5 Å². The van der Waals surface area contributed by atoms with E-state index in [0.29, 0.717) is 5.75 Å². The predicted octanol–water partition coefficient (Wildman–Crippen LogP) is 0.967. The van der Waals surface area contributed by atoms with Crippen molar-refractivity contribution in [2.24, 2.45) is 0 Å². The molecule has 1 aromatic carbocycles. The van der Waals surface area contributed by atoms with E-state index in [1.807, 2.05) is 24.3 Å². The van der Waals surface area contributed by atoms with Crippen LogP contribution >= 0.6 is 0 Å². The maximum atomic E-state index is 9.20. The number of rotatable bonds is 4. The quantitative estimate of drug-likeness (QED) is 0.804. The molecule has 1 atom stereocenters. The van der Waals surface area contributed by atoms with Crippen molar-refractivity contribution in [2.75, 3.05) is 13.2 Å². The van der Waals surface area contributed by atoms with E-state index in [2.05, 4.69) is 4.98 Å². The summed E-state index contributed by atoms with van der Waals surface area (Å²) < 4.78 is 5.40. The summed E-state index contributed by atoms with van der Waals surface area (Å²) >= 11 is 0. The van der Waals surface area contributed by atoms with E-state index in [-0.39, 0.29) is 13.2 Å². The zero-order chi connectivity index (χ0) is 11.4. The molecule has 0 amide bonds. The third-order valence-corrected chi connectivity index (χ3v) is 2.24. The SMILES string of the molecule is OC[C@@H](O)COc1cccc2cccnc12. The first-order chi connectivity index (χ1) is 7.81. The van der Waals surface area contributed by atoms with Crippen molar-refractivity contribution in [1.82, 2.24) is 4.98 Å². The van der Waals surface area contributed by atoms with E-state index in [1.165, 1.54) is 0 Å². The lowest BCUT2D eigenvalue weighted by Crippen LogP contribution is -2.21. The molecule has 2 N–H and O–H groups in total. The molecule has 1 aromatic heterocycles. The average Bonchev–Trinajstić information content (AvgIpc) is 2.35. The molecule has 0 spiro atoms. The van der Waals surface area contributed by atoms with Crippen molar-refractivity contribution < 1.29 is 14.9 Å². The van der Waals surface area contributed by atoms with Gasteiger partial charge in [-0.2, -0.15) is 0 Å². The van der Waals surface area contributed by atoms with Crippen LogP contribution in [0.1, 0.15) is 0 Å². The van der Waals surface area contributed by atoms with Crippen molar-refractivity contribution in [1.29, 1.82) is 0 Å². The molecule has 4 nitrogen and oxygen atoms in total. The van der Waals surface area contributed by atoms with Crippen molar-refractivity contribution in [3.63, 3.8) is 0 Å². The minimum absolute atomic E-state index is 0.0617. The second-order valence-corrected chi connectivity index (χ2v) is 3.48. The number of fused-ring (bicyclic) bond motifs is 1. The Labute approximate surface area is 93.1 Å². The fourth-order valence-electron chi connectivity index (χ4n) is 1.43. The van der Waals surface area contributed by atoms with Crippen molar-refractivity contribution >= 4 is 10.9 Å². The second-order valence-electron chi connectivity index (χ2n) is 3.48. The van der Waals surface area contributed by atoms with E-state index in [9.17, 15) is 5.11 Å². The van der Waals surface area contributed by atoms with Gasteiger partial charge >= 0.3 is 0 Å². The summed E-state index contributed by atoms with van der Waals surface area (Å²) in [5.74, 6) is 0.616. The van der Waals surface area contributed by atoms with Gasteiger partial charge in [0.05, 0.1) is 6.61 Å². The first-order valence-corrected chi connectivity index (χ1v) is 5.06. The minimum Gasteiger partial charge on any atom is -0.489 e. The predicted molar refractivity (Wildman–Crippen MR) is 60.3 cm³/mol. The number of aromatic nitrogens is 1. The first-order valence-electron chi connectivity index (χ1n) is 5.06. The molecule has 0 fully saturated rings. The molecule has 2 rings (SSSR count). The van der Waals surface area contributed by atoms with Gasteiger partial charge in [-0.1, -0.05) is 18.2 Å². The zero-order valence-corrected chi connectivity index (χ0v) is 8.71. The highest BCUT2D eigenvalue weighted by Crippen LogP contribution is 2.22. The average molecular weight is 219 g/mol. The van der Waals surface area contributed by atoms with Gasteiger partial charge in [0.1, 0.15) is 24.0 Å². The molecule has 0 saturated carbocycles. The lowest BCUT2D eigenvalue weighted by atomic mass is 10.2. The largest absolute Gasteiger partial charge is 0.489 e. The van der Waals surface area contributed by atoms with Crippen LogP contribution < -0.4 is 4.74 Å². The molecule has 16 heavy (non-hydrogen) atoms. The molecule has 0 saturated heterocycles. The van der Waals surface area contributed by atoms with Crippen LogP contribution in [-0.4, -0.2) is 34.5 Å². The Hall–Kier alpha value is -1.65. The summed E-state index contributed by atoms with van der Waals surface area (Å²) in [5, 5.41) is 18.9. The fraction of sp³-hybridized carbons (Fsp3) is 0.250. The number of hydrogen-bond donors (Lipinski definition) is 2. The molecule has 2 aromatic rings. The molecule has 0 aliphatic heterocycles.